The van der Waals surface area contributed by atoms with E-state index in [1.807, 2.05) is 0 Å². The van der Waals surface area contributed by atoms with Crippen molar-refractivity contribution in [3.05, 3.63) is 35.3 Å². The van der Waals surface area contributed by atoms with E-state index < -0.39 is 5.97 Å². The van der Waals surface area contributed by atoms with Gasteiger partial charge in [-0.2, -0.15) is 0 Å². The lowest BCUT2D eigenvalue weighted by Gasteiger charge is -2.00. The van der Waals surface area contributed by atoms with Gasteiger partial charge in [-0.25, -0.2) is 9.02 Å². The number of nitrogens with zero attached hydrogens (tertiary/aromatic N) is 2. The van der Waals surface area contributed by atoms with E-state index in [4.69, 9.17) is 5.11 Å². The number of carboxylic acid groups (broad SMARTS) is 1. The summed E-state index contributed by atoms with van der Waals surface area (Å²) in [5.41, 5.74) is 1.59. The van der Waals surface area contributed by atoms with Crippen LogP contribution in [0.25, 0.3) is 11.3 Å². The quantitative estimate of drug-likeness (QED) is 0.879. The molecule has 17 heavy (non-hydrogen) atoms. The summed E-state index contributed by atoms with van der Waals surface area (Å²) >= 11 is 0. The summed E-state index contributed by atoms with van der Waals surface area (Å²) in [6, 6.07) is 4.37. The van der Waals surface area contributed by atoms with E-state index in [0.717, 1.165) is 0 Å². The van der Waals surface area contributed by atoms with Gasteiger partial charge in [0.15, 0.2) is 0 Å². The molecule has 0 unspecified atom stereocenters. The van der Waals surface area contributed by atoms with Gasteiger partial charge in [0, 0.05) is 5.56 Å². The molecular formula is C11H9FN2O3. The molecule has 0 spiro atoms. The molecule has 6 heteroatoms. The van der Waals surface area contributed by atoms with Crippen LogP contribution in [-0.4, -0.2) is 21.4 Å². The predicted molar refractivity (Wildman–Crippen MR) is 55.8 cm³/mol. The highest BCUT2D eigenvalue weighted by atomic mass is 19.1. The van der Waals surface area contributed by atoms with Crippen molar-refractivity contribution < 1.29 is 18.9 Å². The van der Waals surface area contributed by atoms with Crippen molar-refractivity contribution >= 4 is 5.97 Å². The van der Waals surface area contributed by atoms with E-state index in [0.29, 0.717) is 16.8 Å². The molecular weight excluding hydrogens is 227 g/mol. The summed E-state index contributed by atoms with van der Waals surface area (Å²) in [6.45, 7) is 1.61. The first-order valence-corrected chi connectivity index (χ1v) is 4.87. The Hall–Kier alpha value is -2.24. The zero-order chi connectivity index (χ0) is 12.4. The van der Waals surface area contributed by atoms with Crippen molar-refractivity contribution in [1.82, 2.24) is 10.3 Å². The van der Waals surface area contributed by atoms with Crippen molar-refractivity contribution in [2.24, 2.45) is 0 Å². The molecule has 5 nitrogen and oxygen atoms in total. The van der Waals surface area contributed by atoms with Crippen LogP contribution in [0.3, 0.4) is 0 Å². The van der Waals surface area contributed by atoms with Crippen LogP contribution >= 0.6 is 0 Å². The molecule has 0 radical (unpaired) electrons. The standard InChI is InChI=1S/C11H9FN2O3/c1-6-4-7(2-3-8(6)12)11-9(5-10(15)16)13-17-14-11/h2-4H,5H2,1H3,(H,15,16). The Balaban J connectivity index is 2.42. The second-order valence-electron chi connectivity index (χ2n) is 3.59. The van der Waals surface area contributed by atoms with Gasteiger partial charge in [0.1, 0.15) is 17.2 Å². The summed E-state index contributed by atoms with van der Waals surface area (Å²) in [4.78, 5) is 10.6. The number of hydrogen-bond donors (Lipinski definition) is 1. The summed E-state index contributed by atoms with van der Waals surface area (Å²) in [7, 11) is 0. The number of carboxylic acids is 1. The predicted octanol–water partition coefficient (Wildman–Crippen LogP) is 1.81. The normalized spacial score (nSPS) is 10.5. The maximum absolute atomic E-state index is 13.1. The van der Waals surface area contributed by atoms with Crippen LogP contribution in [0.1, 0.15) is 11.3 Å². The summed E-state index contributed by atoms with van der Waals surface area (Å²) in [6.07, 6.45) is -0.282. The first kappa shape index (κ1) is 11.3. The van der Waals surface area contributed by atoms with Crippen LogP contribution in [-0.2, 0) is 11.2 Å². The number of aryl methyl sites for hydroxylation is 1. The first-order chi connectivity index (χ1) is 8.08. The van der Waals surface area contributed by atoms with E-state index in [1.54, 1.807) is 13.0 Å². The first-order valence-electron chi connectivity index (χ1n) is 4.87. The number of rotatable bonds is 3. The van der Waals surface area contributed by atoms with Crippen molar-refractivity contribution in [3.8, 4) is 11.3 Å². The van der Waals surface area contributed by atoms with Crippen LogP contribution in [0.5, 0.6) is 0 Å². The molecule has 1 aromatic heterocycles. The SMILES string of the molecule is Cc1cc(-c2nonc2CC(=O)O)ccc1F. The minimum absolute atomic E-state index is 0.225. The van der Waals surface area contributed by atoms with Gasteiger partial charge in [0.2, 0.25) is 0 Å². The Morgan fingerprint density at radius 2 is 2.24 bits per heavy atom. The molecule has 0 fully saturated rings. The Kier molecular flexibility index (Phi) is 2.86. The Morgan fingerprint density at radius 1 is 1.47 bits per heavy atom. The maximum Gasteiger partial charge on any atom is 0.309 e. The number of aromatic nitrogens is 2. The highest BCUT2D eigenvalue weighted by molar-refractivity contribution is 5.73. The zero-order valence-electron chi connectivity index (χ0n) is 8.98. The van der Waals surface area contributed by atoms with Crippen LogP contribution in [0, 0.1) is 12.7 Å². The van der Waals surface area contributed by atoms with Gasteiger partial charge in [-0.1, -0.05) is 5.16 Å². The topological polar surface area (TPSA) is 76.2 Å². The van der Waals surface area contributed by atoms with Crippen LogP contribution in [0.15, 0.2) is 22.8 Å². The van der Waals surface area contributed by atoms with Gasteiger partial charge < -0.3 is 5.11 Å². The van der Waals surface area contributed by atoms with Crippen molar-refractivity contribution in [2.45, 2.75) is 13.3 Å². The van der Waals surface area contributed by atoms with Gasteiger partial charge in [0.25, 0.3) is 0 Å². The lowest BCUT2D eigenvalue weighted by Crippen LogP contribution is -2.02. The Labute approximate surface area is 95.8 Å². The fraction of sp³-hybridized carbons (Fsp3) is 0.182. The molecule has 0 aliphatic carbocycles. The van der Waals surface area contributed by atoms with E-state index in [-0.39, 0.29) is 17.9 Å². The van der Waals surface area contributed by atoms with E-state index in [2.05, 4.69) is 14.9 Å². The van der Waals surface area contributed by atoms with Crippen molar-refractivity contribution in [2.75, 3.05) is 0 Å². The second-order valence-corrected chi connectivity index (χ2v) is 3.59. The second kappa shape index (κ2) is 4.32. The van der Waals surface area contributed by atoms with Crippen molar-refractivity contribution in [1.29, 1.82) is 0 Å². The molecule has 0 aliphatic heterocycles. The third-order valence-corrected chi connectivity index (χ3v) is 2.31. The molecule has 1 aromatic carbocycles. The number of benzene rings is 1. The summed E-state index contributed by atoms with van der Waals surface area (Å²) in [5, 5.41) is 15.8. The molecule has 1 N–H and O–H groups in total. The fourth-order valence-electron chi connectivity index (χ4n) is 1.48. The maximum atomic E-state index is 13.1. The molecule has 0 atom stereocenters. The number of halogens is 1. The molecule has 0 saturated carbocycles. The third kappa shape index (κ3) is 2.30. The molecule has 0 amide bonds. The van der Waals surface area contributed by atoms with Gasteiger partial charge >= 0.3 is 5.97 Å². The minimum atomic E-state index is -1.03. The molecule has 0 aliphatic rings. The molecule has 2 rings (SSSR count). The lowest BCUT2D eigenvalue weighted by molar-refractivity contribution is -0.136. The van der Waals surface area contributed by atoms with Crippen molar-refractivity contribution in [3.63, 3.8) is 0 Å². The van der Waals surface area contributed by atoms with E-state index in [1.165, 1.54) is 12.1 Å². The van der Waals surface area contributed by atoms with Gasteiger partial charge in [-0.05, 0) is 35.8 Å². The van der Waals surface area contributed by atoms with Gasteiger partial charge in [-0.3, -0.25) is 4.79 Å². The van der Waals surface area contributed by atoms with E-state index >= 15 is 0 Å². The Morgan fingerprint density at radius 3 is 2.88 bits per heavy atom. The van der Waals surface area contributed by atoms with Gasteiger partial charge in [0.05, 0.1) is 6.42 Å². The average molecular weight is 236 g/mol. The summed E-state index contributed by atoms with van der Waals surface area (Å²) < 4.78 is 17.6. The highest BCUT2D eigenvalue weighted by Gasteiger charge is 2.15. The molecule has 0 bridgehead atoms. The Bertz CT molecular complexity index is 566. The molecule has 2 aromatic rings. The van der Waals surface area contributed by atoms with Crippen LogP contribution < -0.4 is 0 Å². The monoisotopic (exact) mass is 236 g/mol. The van der Waals surface area contributed by atoms with Crippen LogP contribution in [0.2, 0.25) is 0 Å². The largest absolute Gasteiger partial charge is 0.481 e. The molecule has 0 saturated heterocycles. The fourth-order valence-corrected chi connectivity index (χ4v) is 1.48. The zero-order valence-corrected chi connectivity index (χ0v) is 8.98. The van der Waals surface area contributed by atoms with Gasteiger partial charge in [-0.15, -0.1) is 0 Å². The lowest BCUT2D eigenvalue weighted by atomic mass is 10.1. The number of hydrogen-bond acceptors (Lipinski definition) is 4. The highest BCUT2D eigenvalue weighted by Crippen LogP contribution is 2.22. The average Bonchev–Trinajstić information content (AvgIpc) is 2.69. The number of aliphatic carboxylic acids is 1. The third-order valence-electron chi connectivity index (χ3n) is 2.31. The molecule has 88 valence electrons. The number of carbonyl (C=O) groups is 1. The summed E-state index contributed by atoms with van der Waals surface area (Å²) in [5.74, 6) is -1.36. The smallest absolute Gasteiger partial charge is 0.309 e. The van der Waals surface area contributed by atoms with E-state index in [9.17, 15) is 9.18 Å². The van der Waals surface area contributed by atoms with Crippen LogP contribution in [0.4, 0.5) is 4.39 Å². The minimum Gasteiger partial charge on any atom is -0.481 e. The molecule has 1 heterocycles.